The number of anilines is 2. The average Bonchev–Trinajstić information content (AvgIpc) is 3.13. The van der Waals surface area contributed by atoms with Crippen molar-refractivity contribution in [2.24, 2.45) is 5.92 Å². The minimum absolute atomic E-state index is 0.00918. The van der Waals surface area contributed by atoms with Crippen molar-refractivity contribution < 1.29 is 22.4 Å². The van der Waals surface area contributed by atoms with Gasteiger partial charge in [-0.1, -0.05) is 25.4 Å². The van der Waals surface area contributed by atoms with E-state index >= 15 is 0 Å². The summed E-state index contributed by atoms with van der Waals surface area (Å²) in [6, 6.07) is 9.88. The van der Waals surface area contributed by atoms with Crippen molar-refractivity contribution in [3.8, 4) is 0 Å². The Labute approximate surface area is 185 Å². The topological polar surface area (TPSA) is 86.8 Å². The van der Waals surface area contributed by atoms with E-state index in [-0.39, 0.29) is 34.7 Å². The monoisotopic (exact) mass is 467 g/mol. The Morgan fingerprint density at radius 2 is 1.84 bits per heavy atom. The first kappa shape index (κ1) is 23.2. The van der Waals surface area contributed by atoms with Gasteiger partial charge >= 0.3 is 0 Å². The molecular weight excluding hydrogens is 445 g/mol. The molecule has 2 aromatic carbocycles. The first-order chi connectivity index (χ1) is 14.7. The van der Waals surface area contributed by atoms with Gasteiger partial charge in [0.05, 0.1) is 15.8 Å². The smallest absolute Gasteiger partial charge is 0.243 e. The van der Waals surface area contributed by atoms with Crippen LogP contribution >= 0.6 is 11.6 Å². The number of nitrogens with zero attached hydrogens (tertiary/aromatic N) is 2. The number of rotatable bonds is 7. The maximum atomic E-state index is 13.4. The van der Waals surface area contributed by atoms with E-state index in [1.54, 1.807) is 13.8 Å². The van der Waals surface area contributed by atoms with Gasteiger partial charge in [0.2, 0.25) is 21.8 Å². The van der Waals surface area contributed by atoms with Gasteiger partial charge in [-0.05, 0) is 42.5 Å². The second kappa shape index (κ2) is 9.33. The van der Waals surface area contributed by atoms with E-state index in [9.17, 15) is 22.4 Å². The van der Waals surface area contributed by atoms with Crippen LogP contribution in [0.25, 0.3) is 0 Å². The van der Waals surface area contributed by atoms with E-state index in [2.05, 4.69) is 5.32 Å². The maximum absolute atomic E-state index is 13.4. The first-order valence-electron chi connectivity index (χ1n) is 9.83. The van der Waals surface area contributed by atoms with Crippen molar-refractivity contribution in [1.82, 2.24) is 4.31 Å². The van der Waals surface area contributed by atoms with Crippen LogP contribution < -0.4 is 10.2 Å². The molecule has 1 atom stereocenters. The number of halogens is 2. The summed E-state index contributed by atoms with van der Waals surface area (Å²) < 4.78 is 39.8. The molecule has 1 fully saturated rings. The third kappa shape index (κ3) is 4.89. The third-order valence-corrected chi connectivity index (χ3v) is 7.53. The van der Waals surface area contributed by atoms with Crippen LogP contribution in [0.15, 0.2) is 47.4 Å². The average molecular weight is 468 g/mol. The van der Waals surface area contributed by atoms with Gasteiger partial charge in [-0.25, -0.2) is 12.8 Å². The van der Waals surface area contributed by atoms with Crippen LogP contribution in [0.4, 0.5) is 15.8 Å². The second-order valence-electron chi connectivity index (χ2n) is 7.11. The van der Waals surface area contributed by atoms with Crippen LogP contribution in [0.5, 0.6) is 0 Å². The molecule has 0 bridgehead atoms. The van der Waals surface area contributed by atoms with Gasteiger partial charge in [0.15, 0.2) is 0 Å². The molecule has 1 N–H and O–H groups in total. The summed E-state index contributed by atoms with van der Waals surface area (Å²) in [5.41, 5.74) is 0.858. The summed E-state index contributed by atoms with van der Waals surface area (Å²) in [5.74, 6) is -1.81. The predicted molar refractivity (Wildman–Crippen MR) is 117 cm³/mol. The van der Waals surface area contributed by atoms with Crippen LogP contribution in [0.3, 0.4) is 0 Å². The minimum Gasteiger partial charge on any atom is -0.326 e. The lowest BCUT2D eigenvalue weighted by atomic mass is 10.1. The molecule has 1 unspecified atom stereocenters. The van der Waals surface area contributed by atoms with E-state index in [0.717, 1.165) is 0 Å². The number of carbonyl (C=O) groups is 2. The van der Waals surface area contributed by atoms with E-state index in [4.69, 9.17) is 11.6 Å². The molecule has 7 nitrogen and oxygen atoms in total. The van der Waals surface area contributed by atoms with Crippen molar-refractivity contribution in [1.29, 1.82) is 0 Å². The van der Waals surface area contributed by atoms with E-state index in [1.165, 1.54) is 51.7 Å². The van der Waals surface area contributed by atoms with Crippen molar-refractivity contribution in [3.05, 3.63) is 53.3 Å². The molecule has 0 aromatic heterocycles. The summed E-state index contributed by atoms with van der Waals surface area (Å²) in [4.78, 5) is 26.5. The van der Waals surface area contributed by atoms with Crippen LogP contribution in [0.2, 0.25) is 5.02 Å². The molecule has 1 heterocycles. The van der Waals surface area contributed by atoms with E-state index in [1.807, 2.05) is 0 Å². The molecular formula is C21H23ClFN3O4S. The molecule has 0 spiro atoms. The Hall–Kier alpha value is -2.49. The fourth-order valence-electron chi connectivity index (χ4n) is 3.45. The first-order valence-corrected chi connectivity index (χ1v) is 11.7. The van der Waals surface area contributed by atoms with Crippen molar-refractivity contribution in [3.63, 3.8) is 0 Å². The van der Waals surface area contributed by atoms with Gasteiger partial charge < -0.3 is 10.2 Å². The molecule has 1 aliphatic rings. The number of amides is 2. The van der Waals surface area contributed by atoms with Crippen molar-refractivity contribution in [2.45, 2.75) is 25.2 Å². The molecule has 31 heavy (non-hydrogen) atoms. The third-order valence-electron chi connectivity index (χ3n) is 5.18. The van der Waals surface area contributed by atoms with Crippen LogP contribution in [0.1, 0.15) is 20.3 Å². The lowest BCUT2D eigenvalue weighted by Crippen LogP contribution is -2.30. The zero-order chi connectivity index (χ0) is 22.8. The highest BCUT2D eigenvalue weighted by molar-refractivity contribution is 7.89. The standard InChI is InChI=1S/C21H23ClFN3O4S/c1-3-25(4-2)31(29,30)17-8-5-15(6-9-17)24-21(28)14-11-20(27)26(13-14)16-7-10-19(23)18(22)12-16/h5-10,12,14H,3-4,11,13H2,1-2H3,(H,24,28). The SMILES string of the molecule is CCN(CC)S(=O)(=O)c1ccc(NC(=O)C2CC(=O)N(c3ccc(F)c(Cl)c3)C2)cc1. The molecule has 1 aliphatic heterocycles. The van der Waals surface area contributed by atoms with Gasteiger partial charge in [0.25, 0.3) is 0 Å². The highest BCUT2D eigenvalue weighted by Crippen LogP contribution is 2.29. The van der Waals surface area contributed by atoms with Gasteiger partial charge in [0, 0.05) is 37.4 Å². The lowest BCUT2D eigenvalue weighted by Gasteiger charge is -2.19. The number of nitrogens with one attached hydrogen (secondary N) is 1. The molecule has 3 rings (SSSR count). The maximum Gasteiger partial charge on any atom is 0.243 e. The van der Waals surface area contributed by atoms with Crippen molar-refractivity contribution in [2.75, 3.05) is 29.9 Å². The minimum atomic E-state index is -3.58. The number of benzene rings is 2. The van der Waals surface area contributed by atoms with Crippen LogP contribution in [-0.4, -0.2) is 44.2 Å². The Morgan fingerprint density at radius 1 is 1.19 bits per heavy atom. The molecule has 2 aromatic rings. The lowest BCUT2D eigenvalue weighted by molar-refractivity contribution is -0.122. The molecule has 2 amide bonds. The van der Waals surface area contributed by atoms with E-state index in [0.29, 0.717) is 24.5 Å². The van der Waals surface area contributed by atoms with Gasteiger partial charge in [-0.3, -0.25) is 9.59 Å². The quantitative estimate of drug-likeness (QED) is 0.675. The van der Waals surface area contributed by atoms with Gasteiger partial charge in [0.1, 0.15) is 5.82 Å². The summed E-state index contributed by atoms with van der Waals surface area (Å²) >= 11 is 5.79. The number of hydrogen-bond donors (Lipinski definition) is 1. The van der Waals surface area contributed by atoms with Crippen LogP contribution in [0, 0.1) is 11.7 Å². The summed E-state index contributed by atoms with van der Waals surface area (Å²) in [5, 5.41) is 2.62. The Morgan fingerprint density at radius 3 is 2.42 bits per heavy atom. The normalized spacial score (nSPS) is 16.7. The predicted octanol–water partition coefficient (Wildman–Crippen LogP) is 3.50. The van der Waals surface area contributed by atoms with Gasteiger partial charge in [-0.15, -0.1) is 0 Å². The highest BCUT2D eigenvalue weighted by Gasteiger charge is 2.35. The fourth-order valence-corrected chi connectivity index (χ4v) is 5.09. The highest BCUT2D eigenvalue weighted by atomic mass is 35.5. The molecule has 1 saturated heterocycles. The number of sulfonamides is 1. The zero-order valence-electron chi connectivity index (χ0n) is 17.1. The Kier molecular flexibility index (Phi) is 6.98. The molecule has 166 valence electrons. The summed E-state index contributed by atoms with van der Waals surface area (Å²) in [7, 11) is -3.58. The molecule has 0 saturated carbocycles. The molecule has 0 radical (unpaired) electrons. The fraction of sp³-hybridized carbons (Fsp3) is 0.333. The van der Waals surface area contributed by atoms with Crippen molar-refractivity contribution >= 4 is 44.8 Å². The largest absolute Gasteiger partial charge is 0.326 e. The summed E-state index contributed by atoms with van der Waals surface area (Å²) in [6.45, 7) is 4.40. The van der Waals surface area contributed by atoms with Crippen LogP contribution in [-0.2, 0) is 19.6 Å². The van der Waals surface area contributed by atoms with E-state index < -0.39 is 21.8 Å². The molecule has 0 aliphatic carbocycles. The number of hydrogen-bond acceptors (Lipinski definition) is 4. The summed E-state index contributed by atoms with van der Waals surface area (Å²) in [6.07, 6.45) is 0.00918. The zero-order valence-corrected chi connectivity index (χ0v) is 18.7. The van der Waals surface area contributed by atoms with Gasteiger partial charge in [-0.2, -0.15) is 4.31 Å². The molecule has 10 heteroatoms. The Bertz CT molecular complexity index is 1090. The second-order valence-corrected chi connectivity index (χ2v) is 9.45. The number of carbonyl (C=O) groups excluding carboxylic acids is 2. The Balaban J connectivity index is 1.68.